The Hall–Kier alpha value is -4.13. The van der Waals surface area contributed by atoms with E-state index >= 15 is 0 Å². The average Bonchev–Trinajstić information content (AvgIpc) is 2.85. The number of rotatable bonds is 8. The molecule has 0 aliphatic rings. The number of aliphatic imine (C=N–C) groups is 1. The summed E-state index contributed by atoms with van der Waals surface area (Å²) in [6, 6.07) is 22.7. The zero-order chi connectivity index (χ0) is 23.2. The smallest absolute Gasteiger partial charge is 0.338 e. The van der Waals surface area contributed by atoms with E-state index in [1.54, 1.807) is 49.7 Å². The lowest BCUT2D eigenvalue weighted by Gasteiger charge is -2.04. The zero-order valence-electron chi connectivity index (χ0n) is 17.9. The van der Waals surface area contributed by atoms with Crippen molar-refractivity contribution in [3.8, 4) is 11.5 Å². The molecule has 0 spiro atoms. The Bertz CT molecular complexity index is 999. The van der Waals surface area contributed by atoms with Crippen molar-refractivity contribution < 1.29 is 28.9 Å². The van der Waals surface area contributed by atoms with Crippen molar-refractivity contribution in [1.29, 1.82) is 0 Å². The van der Waals surface area contributed by atoms with Crippen LogP contribution in [0.5, 0.6) is 11.5 Å². The summed E-state index contributed by atoms with van der Waals surface area (Å²) in [5, 5.41) is 8.51. The van der Waals surface area contributed by atoms with Crippen molar-refractivity contribution in [3.63, 3.8) is 0 Å². The molecule has 0 amide bonds. The molecule has 0 bridgehead atoms. The van der Waals surface area contributed by atoms with Crippen molar-refractivity contribution in [2.45, 2.75) is 6.42 Å². The maximum atomic E-state index is 11.8. The summed E-state index contributed by atoms with van der Waals surface area (Å²) in [5.41, 5.74) is 1.67. The third-order valence-corrected chi connectivity index (χ3v) is 4.14. The van der Waals surface area contributed by atoms with Crippen molar-refractivity contribution in [3.05, 3.63) is 90.0 Å². The molecule has 1 N–H and O–H groups in total. The lowest BCUT2D eigenvalue weighted by atomic mass is 10.2. The first-order valence-electron chi connectivity index (χ1n) is 9.79. The van der Waals surface area contributed by atoms with E-state index in [2.05, 4.69) is 4.99 Å². The minimum Gasteiger partial charge on any atom is -0.497 e. The summed E-state index contributed by atoms with van der Waals surface area (Å²) in [7, 11) is 3.12. The topological polar surface area (TPSA) is 94.4 Å². The lowest BCUT2D eigenvalue weighted by Crippen LogP contribution is -2.06. The molecule has 0 saturated heterocycles. The largest absolute Gasteiger partial charge is 0.497 e. The number of para-hydroxylation sites is 1. The van der Waals surface area contributed by atoms with Gasteiger partial charge in [-0.25, -0.2) is 9.59 Å². The number of hydrogen-bond acceptors (Lipinski definition) is 6. The number of carbonyl (C=O) groups is 2. The highest BCUT2D eigenvalue weighted by molar-refractivity contribution is 5.89. The molecule has 166 valence electrons. The fraction of sp³-hybridized carbons (Fsp3) is 0.160. The number of esters is 1. The highest BCUT2D eigenvalue weighted by Crippen LogP contribution is 2.13. The van der Waals surface area contributed by atoms with Crippen LogP contribution in [0.1, 0.15) is 27.1 Å². The molecular weight excluding hydrogens is 410 g/mol. The molecule has 3 aromatic rings. The van der Waals surface area contributed by atoms with Gasteiger partial charge in [0.15, 0.2) is 0 Å². The van der Waals surface area contributed by atoms with E-state index in [-0.39, 0.29) is 11.5 Å². The van der Waals surface area contributed by atoms with Crippen LogP contribution in [0.15, 0.2) is 83.9 Å². The number of carboxylic acid groups (broad SMARTS) is 1. The van der Waals surface area contributed by atoms with Gasteiger partial charge in [-0.3, -0.25) is 4.99 Å². The van der Waals surface area contributed by atoms with Crippen molar-refractivity contribution in [2.75, 3.05) is 20.8 Å². The van der Waals surface area contributed by atoms with Gasteiger partial charge in [-0.15, -0.1) is 0 Å². The molecule has 0 heterocycles. The first-order valence-corrected chi connectivity index (χ1v) is 9.79. The Morgan fingerprint density at radius 2 is 1.34 bits per heavy atom. The minimum absolute atomic E-state index is 0.269. The molecule has 0 aliphatic carbocycles. The molecule has 3 aromatic carbocycles. The van der Waals surface area contributed by atoms with Crippen molar-refractivity contribution >= 4 is 23.8 Å². The lowest BCUT2D eigenvalue weighted by molar-refractivity contribution is 0.0516. The van der Waals surface area contributed by atoms with Crippen LogP contribution in [0.25, 0.3) is 0 Å². The third-order valence-electron chi connectivity index (χ3n) is 4.14. The number of methoxy groups -OCH3 is 2. The summed E-state index contributed by atoms with van der Waals surface area (Å²) in [6.07, 6.45) is 2.33. The van der Waals surface area contributed by atoms with E-state index in [9.17, 15) is 9.59 Å². The van der Waals surface area contributed by atoms with Gasteiger partial charge in [-0.1, -0.05) is 18.2 Å². The Kier molecular flexibility index (Phi) is 9.98. The molecule has 0 atom stereocenters. The van der Waals surface area contributed by atoms with E-state index in [1.165, 1.54) is 19.2 Å². The molecular formula is C25H25NO6. The van der Waals surface area contributed by atoms with E-state index in [1.807, 2.05) is 30.3 Å². The predicted octanol–water partition coefficient (Wildman–Crippen LogP) is 5.04. The number of ether oxygens (including phenoxy) is 3. The first-order chi connectivity index (χ1) is 15.5. The van der Waals surface area contributed by atoms with Crippen LogP contribution in [-0.2, 0) is 4.74 Å². The number of hydrogen-bond donors (Lipinski definition) is 1. The Balaban J connectivity index is 0.000000278. The molecule has 0 unspecified atom stereocenters. The monoisotopic (exact) mass is 435 g/mol. The standard InChI is InChI=1S/C17H17NO3.C8H8O3/c1-20-16-10-8-14(9-11-16)17(19)21-13-5-12-18-15-6-3-2-4-7-15;1-11-7-4-2-6(3-5-7)8(9)10/h2-4,6-12H,5,13H2,1H3;2-5H,1H3,(H,9,10). The summed E-state index contributed by atoms with van der Waals surface area (Å²) < 4.78 is 15.1. The SMILES string of the molecule is COc1ccc(C(=O)O)cc1.COc1ccc(C(=O)OCCC=Nc2ccccc2)cc1. The maximum Gasteiger partial charge on any atom is 0.338 e. The second-order valence-corrected chi connectivity index (χ2v) is 6.33. The fourth-order valence-electron chi connectivity index (χ4n) is 2.43. The number of nitrogens with zero attached hydrogens (tertiary/aromatic N) is 1. The van der Waals surface area contributed by atoms with Gasteiger partial charge in [0.2, 0.25) is 0 Å². The highest BCUT2D eigenvalue weighted by atomic mass is 16.5. The van der Waals surface area contributed by atoms with Gasteiger partial charge in [0.05, 0.1) is 37.6 Å². The number of carboxylic acids is 1. The van der Waals surface area contributed by atoms with E-state index in [0.29, 0.717) is 30.1 Å². The van der Waals surface area contributed by atoms with Crippen LogP contribution in [-0.4, -0.2) is 44.1 Å². The summed E-state index contributed by atoms with van der Waals surface area (Å²) in [6.45, 7) is 0.307. The number of benzene rings is 3. The Labute approximate surface area is 186 Å². The van der Waals surface area contributed by atoms with Gasteiger partial charge < -0.3 is 19.3 Å². The van der Waals surface area contributed by atoms with Gasteiger partial charge in [-0.2, -0.15) is 0 Å². The minimum atomic E-state index is -0.923. The second kappa shape index (κ2) is 13.2. The molecule has 0 aliphatic heterocycles. The summed E-state index contributed by atoms with van der Waals surface area (Å²) >= 11 is 0. The molecule has 32 heavy (non-hydrogen) atoms. The van der Waals surface area contributed by atoms with Crippen LogP contribution < -0.4 is 9.47 Å². The third kappa shape index (κ3) is 8.31. The van der Waals surface area contributed by atoms with Gasteiger partial charge in [-0.05, 0) is 60.7 Å². The zero-order valence-corrected chi connectivity index (χ0v) is 17.9. The quantitative estimate of drug-likeness (QED) is 0.303. The summed E-state index contributed by atoms with van der Waals surface area (Å²) in [5.74, 6) is 0.106. The Morgan fingerprint density at radius 3 is 1.84 bits per heavy atom. The van der Waals surface area contributed by atoms with Crippen molar-refractivity contribution in [2.24, 2.45) is 4.99 Å². The molecule has 0 saturated carbocycles. The average molecular weight is 435 g/mol. The number of aromatic carboxylic acids is 1. The molecule has 0 fully saturated rings. The molecule has 0 radical (unpaired) electrons. The molecule has 7 nitrogen and oxygen atoms in total. The van der Waals surface area contributed by atoms with Crippen molar-refractivity contribution in [1.82, 2.24) is 0 Å². The fourth-order valence-corrected chi connectivity index (χ4v) is 2.43. The van der Waals surface area contributed by atoms with E-state index in [4.69, 9.17) is 19.3 Å². The van der Waals surface area contributed by atoms with Gasteiger partial charge >= 0.3 is 11.9 Å². The molecule has 7 heteroatoms. The maximum absolute atomic E-state index is 11.8. The predicted molar refractivity (Wildman–Crippen MR) is 122 cm³/mol. The van der Waals surface area contributed by atoms with Gasteiger partial charge in [0.25, 0.3) is 0 Å². The summed E-state index contributed by atoms with van der Waals surface area (Å²) in [4.78, 5) is 26.4. The van der Waals surface area contributed by atoms with Crippen LogP contribution in [0.4, 0.5) is 5.69 Å². The first kappa shape index (κ1) is 24.1. The van der Waals surface area contributed by atoms with E-state index in [0.717, 1.165) is 5.69 Å². The van der Waals surface area contributed by atoms with Crippen LogP contribution in [0.2, 0.25) is 0 Å². The molecule has 3 rings (SSSR count). The Morgan fingerprint density at radius 1 is 0.812 bits per heavy atom. The van der Waals surface area contributed by atoms with Crippen LogP contribution in [0, 0.1) is 0 Å². The van der Waals surface area contributed by atoms with Gasteiger partial charge in [0, 0.05) is 12.6 Å². The van der Waals surface area contributed by atoms with E-state index < -0.39 is 5.97 Å². The van der Waals surface area contributed by atoms with Crippen LogP contribution in [0.3, 0.4) is 0 Å². The number of carbonyl (C=O) groups excluding carboxylic acids is 1. The molecule has 0 aromatic heterocycles. The van der Waals surface area contributed by atoms with Crippen LogP contribution >= 0.6 is 0 Å². The normalized spacial score (nSPS) is 10.1. The highest BCUT2D eigenvalue weighted by Gasteiger charge is 2.06. The second-order valence-electron chi connectivity index (χ2n) is 6.33. The van der Waals surface area contributed by atoms with Gasteiger partial charge in [0.1, 0.15) is 11.5 Å².